The van der Waals surface area contributed by atoms with Crippen molar-refractivity contribution in [2.75, 3.05) is 5.32 Å². The standard InChI is InChI=1S/C11H12ClN5O/c1-2-3-7-4-10(17-16-7)15-11(18)8-5-14-9(12)6-13-8/h4-6H,2-3H2,1H3,(H2,15,16,17,18). The third-order valence-electron chi connectivity index (χ3n) is 2.24. The average molecular weight is 266 g/mol. The van der Waals surface area contributed by atoms with Crippen LogP contribution in [0.5, 0.6) is 0 Å². The topological polar surface area (TPSA) is 83.6 Å². The Morgan fingerprint density at radius 3 is 2.94 bits per heavy atom. The van der Waals surface area contributed by atoms with Crippen molar-refractivity contribution >= 4 is 23.3 Å². The molecule has 0 saturated heterocycles. The molecule has 0 atom stereocenters. The first kappa shape index (κ1) is 12.5. The Kier molecular flexibility index (Phi) is 3.88. The molecule has 2 heterocycles. The maximum Gasteiger partial charge on any atom is 0.277 e. The maximum atomic E-state index is 11.8. The summed E-state index contributed by atoms with van der Waals surface area (Å²) < 4.78 is 0. The van der Waals surface area contributed by atoms with Gasteiger partial charge in [-0.25, -0.2) is 9.97 Å². The largest absolute Gasteiger partial charge is 0.304 e. The van der Waals surface area contributed by atoms with Crippen molar-refractivity contribution in [1.29, 1.82) is 0 Å². The summed E-state index contributed by atoms with van der Waals surface area (Å²) in [6.45, 7) is 2.07. The number of rotatable bonds is 4. The lowest BCUT2D eigenvalue weighted by Crippen LogP contribution is -2.14. The van der Waals surface area contributed by atoms with Crippen LogP contribution in [0.15, 0.2) is 18.5 Å². The molecule has 6 nitrogen and oxygen atoms in total. The summed E-state index contributed by atoms with van der Waals surface area (Å²) in [7, 11) is 0. The van der Waals surface area contributed by atoms with Crippen molar-refractivity contribution in [2.24, 2.45) is 0 Å². The molecule has 18 heavy (non-hydrogen) atoms. The summed E-state index contributed by atoms with van der Waals surface area (Å²) in [5, 5.41) is 9.71. The minimum atomic E-state index is -0.367. The molecule has 0 aromatic carbocycles. The van der Waals surface area contributed by atoms with E-state index in [1.807, 2.05) is 0 Å². The number of aryl methyl sites for hydroxylation is 1. The van der Waals surface area contributed by atoms with Crippen molar-refractivity contribution in [1.82, 2.24) is 20.2 Å². The summed E-state index contributed by atoms with van der Waals surface area (Å²) in [6, 6.07) is 1.80. The fourth-order valence-electron chi connectivity index (χ4n) is 1.43. The number of carbonyl (C=O) groups is 1. The molecule has 0 fully saturated rings. The van der Waals surface area contributed by atoms with Crippen LogP contribution in [-0.2, 0) is 6.42 Å². The molecule has 0 unspecified atom stereocenters. The normalized spacial score (nSPS) is 10.3. The highest BCUT2D eigenvalue weighted by molar-refractivity contribution is 6.29. The molecular formula is C11H12ClN5O. The lowest BCUT2D eigenvalue weighted by atomic mass is 10.2. The van der Waals surface area contributed by atoms with Gasteiger partial charge in [-0.15, -0.1) is 0 Å². The third-order valence-corrected chi connectivity index (χ3v) is 2.44. The zero-order valence-corrected chi connectivity index (χ0v) is 10.5. The van der Waals surface area contributed by atoms with Crippen LogP contribution in [0.25, 0.3) is 0 Å². The van der Waals surface area contributed by atoms with Gasteiger partial charge in [0, 0.05) is 11.8 Å². The van der Waals surface area contributed by atoms with Gasteiger partial charge in [-0.2, -0.15) is 5.10 Å². The van der Waals surface area contributed by atoms with E-state index in [9.17, 15) is 4.79 Å². The molecule has 2 aromatic rings. The van der Waals surface area contributed by atoms with Crippen LogP contribution in [-0.4, -0.2) is 26.1 Å². The number of amides is 1. The van der Waals surface area contributed by atoms with Crippen molar-refractivity contribution < 1.29 is 4.79 Å². The van der Waals surface area contributed by atoms with E-state index >= 15 is 0 Å². The van der Waals surface area contributed by atoms with Crippen molar-refractivity contribution in [3.63, 3.8) is 0 Å². The number of H-pyrrole nitrogens is 1. The lowest BCUT2D eigenvalue weighted by Gasteiger charge is -1.99. The van der Waals surface area contributed by atoms with Crippen LogP contribution >= 0.6 is 11.6 Å². The molecule has 0 aliphatic heterocycles. The number of hydrogen-bond acceptors (Lipinski definition) is 4. The number of halogens is 1. The van der Waals surface area contributed by atoms with E-state index in [0.29, 0.717) is 5.82 Å². The highest BCUT2D eigenvalue weighted by Crippen LogP contribution is 2.09. The first-order valence-electron chi connectivity index (χ1n) is 5.52. The lowest BCUT2D eigenvalue weighted by molar-refractivity contribution is 0.102. The SMILES string of the molecule is CCCc1cc(NC(=O)c2cnc(Cl)cn2)n[nH]1. The number of carbonyl (C=O) groups excluding carboxylic acids is 1. The van der Waals surface area contributed by atoms with E-state index < -0.39 is 0 Å². The highest BCUT2D eigenvalue weighted by atomic mass is 35.5. The van der Waals surface area contributed by atoms with Gasteiger partial charge in [0.1, 0.15) is 10.8 Å². The van der Waals surface area contributed by atoms with Gasteiger partial charge in [-0.1, -0.05) is 24.9 Å². The Labute approximate surface area is 109 Å². The van der Waals surface area contributed by atoms with Gasteiger partial charge >= 0.3 is 0 Å². The Bertz CT molecular complexity index is 537. The molecule has 0 aliphatic rings. The van der Waals surface area contributed by atoms with E-state index in [4.69, 9.17) is 11.6 Å². The monoisotopic (exact) mass is 265 g/mol. The van der Waals surface area contributed by atoms with Crippen LogP contribution in [0.2, 0.25) is 5.15 Å². The molecule has 2 aromatic heterocycles. The maximum absolute atomic E-state index is 11.8. The number of aromatic nitrogens is 4. The van der Waals surface area contributed by atoms with E-state index in [0.717, 1.165) is 18.5 Å². The van der Waals surface area contributed by atoms with Crippen LogP contribution in [0.1, 0.15) is 29.5 Å². The second-order valence-corrected chi connectivity index (χ2v) is 4.09. The molecule has 0 bridgehead atoms. The van der Waals surface area contributed by atoms with Crippen LogP contribution < -0.4 is 5.32 Å². The molecule has 0 radical (unpaired) electrons. The van der Waals surface area contributed by atoms with Gasteiger partial charge < -0.3 is 5.32 Å². The first-order chi connectivity index (χ1) is 8.69. The molecule has 0 aliphatic carbocycles. The second-order valence-electron chi connectivity index (χ2n) is 3.71. The van der Waals surface area contributed by atoms with Crippen LogP contribution in [0.3, 0.4) is 0 Å². The molecule has 0 spiro atoms. The van der Waals surface area contributed by atoms with Gasteiger partial charge in [0.05, 0.1) is 12.4 Å². The highest BCUT2D eigenvalue weighted by Gasteiger charge is 2.10. The summed E-state index contributed by atoms with van der Waals surface area (Å²) in [5.41, 5.74) is 1.18. The van der Waals surface area contributed by atoms with Gasteiger partial charge in [-0.05, 0) is 6.42 Å². The minimum absolute atomic E-state index is 0.194. The zero-order chi connectivity index (χ0) is 13.0. The molecule has 2 rings (SSSR count). The fourth-order valence-corrected chi connectivity index (χ4v) is 1.53. The van der Waals surface area contributed by atoms with E-state index in [1.165, 1.54) is 12.4 Å². The van der Waals surface area contributed by atoms with Gasteiger partial charge in [-0.3, -0.25) is 9.89 Å². The molecule has 7 heteroatoms. The molecule has 94 valence electrons. The van der Waals surface area contributed by atoms with Gasteiger partial charge in [0.2, 0.25) is 0 Å². The predicted molar refractivity (Wildman–Crippen MR) is 67.6 cm³/mol. The van der Waals surface area contributed by atoms with E-state index in [-0.39, 0.29) is 16.8 Å². The van der Waals surface area contributed by atoms with Crippen molar-refractivity contribution in [3.8, 4) is 0 Å². The van der Waals surface area contributed by atoms with Crippen LogP contribution in [0, 0.1) is 0 Å². The number of nitrogens with zero attached hydrogens (tertiary/aromatic N) is 3. The Morgan fingerprint density at radius 2 is 2.28 bits per heavy atom. The smallest absolute Gasteiger partial charge is 0.277 e. The first-order valence-corrected chi connectivity index (χ1v) is 5.90. The van der Waals surface area contributed by atoms with Gasteiger partial charge in [0.25, 0.3) is 5.91 Å². The van der Waals surface area contributed by atoms with Gasteiger partial charge in [0.15, 0.2) is 5.82 Å². The zero-order valence-electron chi connectivity index (χ0n) is 9.77. The average Bonchev–Trinajstić information content (AvgIpc) is 2.78. The van der Waals surface area contributed by atoms with Crippen molar-refractivity contribution in [2.45, 2.75) is 19.8 Å². The summed E-state index contributed by atoms with van der Waals surface area (Å²) in [5.74, 6) is 0.105. The number of anilines is 1. The van der Waals surface area contributed by atoms with E-state index in [1.54, 1.807) is 6.07 Å². The Hall–Kier alpha value is -1.95. The molecule has 1 amide bonds. The summed E-state index contributed by atoms with van der Waals surface area (Å²) in [6.07, 6.45) is 4.54. The Morgan fingerprint density at radius 1 is 1.44 bits per heavy atom. The fraction of sp³-hybridized carbons (Fsp3) is 0.273. The molecular weight excluding hydrogens is 254 g/mol. The number of aromatic amines is 1. The van der Waals surface area contributed by atoms with Crippen LogP contribution in [0.4, 0.5) is 5.82 Å². The number of hydrogen-bond donors (Lipinski definition) is 2. The number of nitrogens with one attached hydrogen (secondary N) is 2. The summed E-state index contributed by atoms with van der Waals surface area (Å²) >= 11 is 5.59. The van der Waals surface area contributed by atoms with Crippen molar-refractivity contribution in [3.05, 3.63) is 35.0 Å². The second kappa shape index (κ2) is 5.59. The molecule has 2 N–H and O–H groups in total. The minimum Gasteiger partial charge on any atom is -0.304 e. The third kappa shape index (κ3) is 3.04. The molecule has 0 saturated carbocycles. The summed E-state index contributed by atoms with van der Waals surface area (Å²) in [4.78, 5) is 19.4. The Balaban J connectivity index is 2.04. The van der Waals surface area contributed by atoms with E-state index in [2.05, 4.69) is 32.4 Å². The predicted octanol–water partition coefficient (Wildman–Crippen LogP) is 2.06. The quantitative estimate of drug-likeness (QED) is 0.886.